The number of phenolic OH excluding ortho intramolecular Hbond substituents is 1. The summed E-state index contributed by atoms with van der Waals surface area (Å²) in [6.45, 7) is 0. The van der Waals surface area contributed by atoms with Gasteiger partial charge in [0.15, 0.2) is 0 Å². The molecule has 98 valence electrons. The standard InChI is InChI=1S/C13H8Cl2FNO2/c14-9-6-7(18)4-5-11(9)17-13(19)8-2-1-3-10(16)12(8)15/h1-6,18H,(H,17,19). The van der Waals surface area contributed by atoms with Gasteiger partial charge in [-0.25, -0.2) is 4.39 Å². The van der Waals surface area contributed by atoms with Crippen LogP contribution >= 0.6 is 23.2 Å². The van der Waals surface area contributed by atoms with Crippen molar-refractivity contribution < 1.29 is 14.3 Å². The first-order valence-electron chi connectivity index (χ1n) is 5.23. The van der Waals surface area contributed by atoms with E-state index in [0.717, 1.165) is 6.07 Å². The van der Waals surface area contributed by atoms with Gasteiger partial charge in [-0.2, -0.15) is 0 Å². The number of phenols is 1. The van der Waals surface area contributed by atoms with E-state index in [1.165, 1.54) is 30.3 Å². The van der Waals surface area contributed by atoms with Gasteiger partial charge in [0.1, 0.15) is 11.6 Å². The molecule has 0 saturated heterocycles. The summed E-state index contributed by atoms with van der Waals surface area (Å²) in [5.74, 6) is -1.28. The number of carbonyl (C=O) groups is 1. The second kappa shape index (κ2) is 5.47. The lowest BCUT2D eigenvalue weighted by molar-refractivity contribution is 0.102. The predicted octanol–water partition coefficient (Wildman–Crippen LogP) is 4.09. The Balaban J connectivity index is 2.28. The summed E-state index contributed by atoms with van der Waals surface area (Å²) in [7, 11) is 0. The molecule has 0 aliphatic heterocycles. The van der Waals surface area contributed by atoms with Gasteiger partial charge in [-0.15, -0.1) is 0 Å². The van der Waals surface area contributed by atoms with E-state index in [-0.39, 0.29) is 21.4 Å². The fourth-order valence-corrected chi connectivity index (χ4v) is 1.91. The third kappa shape index (κ3) is 2.97. The van der Waals surface area contributed by atoms with Crippen LogP contribution in [0.15, 0.2) is 36.4 Å². The number of amides is 1. The minimum Gasteiger partial charge on any atom is -0.508 e. The van der Waals surface area contributed by atoms with Gasteiger partial charge >= 0.3 is 0 Å². The van der Waals surface area contributed by atoms with E-state index in [4.69, 9.17) is 23.2 Å². The van der Waals surface area contributed by atoms with Crippen molar-refractivity contribution in [2.24, 2.45) is 0 Å². The van der Waals surface area contributed by atoms with E-state index in [1.54, 1.807) is 0 Å². The molecule has 2 aromatic carbocycles. The second-order valence-corrected chi connectivity index (χ2v) is 4.50. The molecule has 0 radical (unpaired) electrons. The van der Waals surface area contributed by atoms with Crippen molar-refractivity contribution in [1.82, 2.24) is 0 Å². The SMILES string of the molecule is O=C(Nc1ccc(O)cc1Cl)c1cccc(F)c1Cl. The summed E-state index contributed by atoms with van der Waals surface area (Å²) in [5.41, 5.74) is 0.301. The molecule has 1 amide bonds. The summed E-state index contributed by atoms with van der Waals surface area (Å²) < 4.78 is 13.2. The molecule has 2 rings (SSSR count). The van der Waals surface area contributed by atoms with Gasteiger partial charge in [0.2, 0.25) is 0 Å². The lowest BCUT2D eigenvalue weighted by Crippen LogP contribution is -2.13. The van der Waals surface area contributed by atoms with Crippen molar-refractivity contribution in [3.8, 4) is 5.75 Å². The summed E-state index contributed by atoms with van der Waals surface area (Å²) in [6, 6.07) is 8.03. The van der Waals surface area contributed by atoms with E-state index in [2.05, 4.69) is 5.32 Å². The Kier molecular flexibility index (Phi) is 3.93. The van der Waals surface area contributed by atoms with Crippen LogP contribution in [0.4, 0.5) is 10.1 Å². The normalized spacial score (nSPS) is 10.3. The number of hydrogen-bond donors (Lipinski definition) is 2. The van der Waals surface area contributed by atoms with Gasteiger partial charge in [-0.05, 0) is 24.3 Å². The lowest BCUT2D eigenvalue weighted by atomic mass is 10.2. The van der Waals surface area contributed by atoms with Crippen LogP contribution < -0.4 is 5.32 Å². The third-order valence-corrected chi connectivity index (χ3v) is 3.09. The van der Waals surface area contributed by atoms with Crippen LogP contribution in [0, 0.1) is 5.82 Å². The summed E-state index contributed by atoms with van der Waals surface area (Å²) >= 11 is 11.6. The molecule has 0 bridgehead atoms. The zero-order chi connectivity index (χ0) is 14.0. The zero-order valence-electron chi connectivity index (χ0n) is 9.45. The van der Waals surface area contributed by atoms with Crippen molar-refractivity contribution >= 4 is 34.8 Å². The molecular weight excluding hydrogens is 292 g/mol. The van der Waals surface area contributed by atoms with Crippen molar-refractivity contribution in [3.05, 3.63) is 57.8 Å². The average molecular weight is 300 g/mol. The van der Waals surface area contributed by atoms with Crippen LogP contribution in [-0.2, 0) is 0 Å². The third-order valence-electron chi connectivity index (χ3n) is 2.40. The first-order chi connectivity index (χ1) is 8.99. The summed E-state index contributed by atoms with van der Waals surface area (Å²) in [6.07, 6.45) is 0. The van der Waals surface area contributed by atoms with Gasteiger partial charge in [0.25, 0.3) is 5.91 Å². The highest BCUT2D eigenvalue weighted by Crippen LogP contribution is 2.27. The highest BCUT2D eigenvalue weighted by Gasteiger charge is 2.14. The van der Waals surface area contributed by atoms with Crippen LogP contribution in [0.2, 0.25) is 10.0 Å². The number of hydrogen-bond acceptors (Lipinski definition) is 2. The Morgan fingerprint density at radius 3 is 2.63 bits per heavy atom. The van der Waals surface area contributed by atoms with Crippen LogP contribution in [-0.4, -0.2) is 11.0 Å². The van der Waals surface area contributed by atoms with Crippen LogP contribution in [0.25, 0.3) is 0 Å². The maximum Gasteiger partial charge on any atom is 0.257 e. The summed E-state index contributed by atoms with van der Waals surface area (Å²) in [5, 5.41) is 11.6. The van der Waals surface area contributed by atoms with Gasteiger partial charge in [0, 0.05) is 6.07 Å². The molecule has 3 nitrogen and oxygen atoms in total. The van der Waals surface area contributed by atoms with Gasteiger partial charge in [-0.1, -0.05) is 29.3 Å². The molecule has 0 heterocycles. The van der Waals surface area contributed by atoms with Crippen LogP contribution in [0.5, 0.6) is 5.75 Å². The highest BCUT2D eigenvalue weighted by molar-refractivity contribution is 6.36. The molecule has 0 fully saturated rings. The van der Waals surface area contributed by atoms with E-state index in [9.17, 15) is 14.3 Å². The monoisotopic (exact) mass is 299 g/mol. The number of carbonyl (C=O) groups excluding carboxylic acids is 1. The topological polar surface area (TPSA) is 49.3 Å². The minimum atomic E-state index is -0.675. The molecule has 0 saturated carbocycles. The van der Waals surface area contributed by atoms with Crippen LogP contribution in [0.1, 0.15) is 10.4 Å². The van der Waals surface area contributed by atoms with Gasteiger partial charge < -0.3 is 10.4 Å². The number of nitrogens with one attached hydrogen (secondary N) is 1. The molecule has 19 heavy (non-hydrogen) atoms. The van der Waals surface area contributed by atoms with Crippen molar-refractivity contribution in [3.63, 3.8) is 0 Å². The van der Waals surface area contributed by atoms with Gasteiger partial charge in [-0.3, -0.25) is 4.79 Å². The quantitative estimate of drug-likeness (QED) is 0.821. The molecule has 0 atom stereocenters. The largest absolute Gasteiger partial charge is 0.508 e. The molecule has 0 spiro atoms. The molecule has 0 aliphatic carbocycles. The van der Waals surface area contributed by atoms with Crippen LogP contribution in [0.3, 0.4) is 0 Å². The number of anilines is 1. The van der Waals surface area contributed by atoms with E-state index in [1.807, 2.05) is 0 Å². The average Bonchev–Trinajstić information content (AvgIpc) is 2.36. The van der Waals surface area contributed by atoms with Crippen molar-refractivity contribution in [2.45, 2.75) is 0 Å². The summed E-state index contributed by atoms with van der Waals surface area (Å²) in [4.78, 5) is 11.9. The molecule has 0 unspecified atom stereocenters. The molecule has 6 heteroatoms. The fraction of sp³-hybridized carbons (Fsp3) is 0. The Hall–Kier alpha value is -1.78. The van der Waals surface area contributed by atoms with Gasteiger partial charge in [0.05, 0.1) is 21.3 Å². The molecular formula is C13H8Cl2FNO2. The van der Waals surface area contributed by atoms with Crippen molar-refractivity contribution in [1.29, 1.82) is 0 Å². The molecule has 2 aromatic rings. The Morgan fingerprint density at radius 2 is 1.95 bits per heavy atom. The maximum atomic E-state index is 13.2. The number of halogens is 3. The maximum absolute atomic E-state index is 13.2. The van der Waals surface area contributed by atoms with E-state index >= 15 is 0 Å². The molecule has 0 aliphatic rings. The lowest BCUT2D eigenvalue weighted by Gasteiger charge is -2.09. The minimum absolute atomic E-state index is 0.00538. The van der Waals surface area contributed by atoms with E-state index in [0.29, 0.717) is 5.69 Å². The number of aromatic hydroxyl groups is 1. The first-order valence-corrected chi connectivity index (χ1v) is 5.98. The number of rotatable bonds is 2. The van der Waals surface area contributed by atoms with E-state index < -0.39 is 11.7 Å². The van der Waals surface area contributed by atoms with Crippen molar-refractivity contribution in [2.75, 3.05) is 5.32 Å². The first kappa shape index (κ1) is 13.6. The smallest absolute Gasteiger partial charge is 0.257 e. The Bertz CT molecular complexity index is 647. The second-order valence-electron chi connectivity index (χ2n) is 3.72. The fourth-order valence-electron chi connectivity index (χ4n) is 1.47. The Morgan fingerprint density at radius 1 is 1.21 bits per heavy atom. The predicted molar refractivity (Wildman–Crippen MR) is 72.5 cm³/mol. The highest BCUT2D eigenvalue weighted by atomic mass is 35.5. The number of benzene rings is 2. The Labute approximate surface area is 118 Å². The molecule has 0 aromatic heterocycles. The zero-order valence-corrected chi connectivity index (χ0v) is 11.0. The molecule has 2 N–H and O–H groups in total.